The first-order valence-electron chi connectivity index (χ1n) is 7.28. The maximum Gasteiger partial charge on any atom is 0.387 e. The molecule has 0 spiro atoms. The van der Waals surface area contributed by atoms with E-state index in [9.17, 15) is 18.7 Å². The number of ether oxygens (including phenoxy) is 1. The van der Waals surface area contributed by atoms with Crippen LogP contribution in [0, 0.1) is 0 Å². The highest BCUT2D eigenvalue weighted by atomic mass is 19.3. The molecule has 0 fully saturated rings. The van der Waals surface area contributed by atoms with E-state index in [1.54, 1.807) is 19.1 Å². The second-order valence-electron chi connectivity index (χ2n) is 5.17. The number of alkyl halides is 2. The highest BCUT2D eigenvalue weighted by Gasteiger charge is 2.16. The predicted molar refractivity (Wildman–Crippen MR) is 83.0 cm³/mol. The van der Waals surface area contributed by atoms with Crippen LogP contribution in [0.3, 0.4) is 0 Å². The number of urea groups is 1. The topological polar surface area (TPSA) is 83.7 Å². The number of hydrogen-bond acceptors (Lipinski definition) is 4. The molecule has 0 aliphatic carbocycles. The van der Waals surface area contributed by atoms with Gasteiger partial charge in [0.05, 0.1) is 6.26 Å². The Labute approximate surface area is 137 Å². The Morgan fingerprint density at radius 1 is 1.29 bits per heavy atom. The van der Waals surface area contributed by atoms with Crippen molar-refractivity contribution in [2.75, 3.05) is 5.32 Å². The van der Waals surface area contributed by atoms with E-state index in [4.69, 9.17) is 4.42 Å². The summed E-state index contributed by atoms with van der Waals surface area (Å²) in [5.74, 6) is 0.435. The quantitative estimate of drug-likeness (QED) is 0.720. The zero-order chi connectivity index (χ0) is 17.5. The number of anilines is 1. The van der Waals surface area contributed by atoms with Crippen molar-refractivity contribution in [1.29, 1.82) is 0 Å². The van der Waals surface area contributed by atoms with Crippen molar-refractivity contribution in [2.24, 2.45) is 0 Å². The Kier molecular flexibility index (Phi) is 6.14. The van der Waals surface area contributed by atoms with Crippen molar-refractivity contribution in [1.82, 2.24) is 5.32 Å². The summed E-state index contributed by atoms with van der Waals surface area (Å²) in [5, 5.41) is 15.2. The third-order valence-corrected chi connectivity index (χ3v) is 3.16. The maximum atomic E-state index is 12.1. The standard InChI is InChI=1S/C16H18F2N2O4/c1-10(9-13(21)14-3-2-8-23-14)19-16(22)20-11-4-6-12(7-5-11)24-15(17)18/h2-8,10,13,15,21H,9H2,1H3,(H2,19,20,22)/t10-,13-/m0/s1. The minimum Gasteiger partial charge on any atom is -0.467 e. The minimum atomic E-state index is -2.89. The lowest BCUT2D eigenvalue weighted by Gasteiger charge is -2.17. The van der Waals surface area contributed by atoms with Crippen LogP contribution in [0.1, 0.15) is 25.2 Å². The number of amides is 2. The van der Waals surface area contributed by atoms with Crippen LogP contribution in [0.5, 0.6) is 5.75 Å². The largest absolute Gasteiger partial charge is 0.467 e. The number of carbonyl (C=O) groups is 1. The number of aliphatic hydroxyl groups is 1. The number of hydrogen-bond donors (Lipinski definition) is 3. The molecule has 1 heterocycles. The van der Waals surface area contributed by atoms with Gasteiger partial charge in [-0.15, -0.1) is 0 Å². The van der Waals surface area contributed by atoms with Crippen LogP contribution >= 0.6 is 0 Å². The highest BCUT2D eigenvalue weighted by Crippen LogP contribution is 2.19. The summed E-state index contributed by atoms with van der Waals surface area (Å²) < 4.78 is 33.4. The summed E-state index contributed by atoms with van der Waals surface area (Å²) in [6.07, 6.45) is 0.924. The molecule has 2 amide bonds. The van der Waals surface area contributed by atoms with Crippen molar-refractivity contribution in [3.8, 4) is 5.75 Å². The van der Waals surface area contributed by atoms with Gasteiger partial charge >= 0.3 is 12.6 Å². The Balaban J connectivity index is 1.79. The van der Waals surface area contributed by atoms with Crippen molar-refractivity contribution in [2.45, 2.75) is 32.1 Å². The molecule has 1 aromatic carbocycles. The van der Waals surface area contributed by atoms with Crippen LogP contribution in [-0.2, 0) is 0 Å². The molecule has 1 aromatic heterocycles. The molecule has 0 radical (unpaired) electrons. The molecular weight excluding hydrogens is 322 g/mol. The number of benzene rings is 1. The smallest absolute Gasteiger partial charge is 0.387 e. The van der Waals surface area contributed by atoms with Crippen molar-refractivity contribution >= 4 is 11.7 Å². The van der Waals surface area contributed by atoms with Gasteiger partial charge in [0.2, 0.25) is 0 Å². The Morgan fingerprint density at radius 2 is 2.00 bits per heavy atom. The first kappa shape index (κ1) is 17.7. The molecule has 2 rings (SSSR count). The average Bonchev–Trinajstić information content (AvgIpc) is 3.02. The fourth-order valence-corrected chi connectivity index (χ4v) is 2.10. The molecule has 2 aromatic rings. The van der Waals surface area contributed by atoms with E-state index < -0.39 is 18.7 Å². The summed E-state index contributed by atoms with van der Waals surface area (Å²) in [7, 11) is 0. The van der Waals surface area contributed by atoms with Gasteiger partial charge in [-0.2, -0.15) is 8.78 Å². The molecule has 8 heteroatoms. The Morgan fingerprint density at radius 3 is 2.58 bits per heavy atom. The SMILES string of the molecule is C[C@@H](C[C@H](O)c1ccco1)NC(=O)Nc1ccc(OC(F)F)cc1. The molecule has 130 valence electrons. The second kappa shape index (κ2) is 8.30. The van der Waals surface area contributed by atoms with E-state index in [1.807, 2.05) is 0 Å². The van der Waals surface area contributed by atoms with Gasteiger partial charge in [-0.25, -0.2) is 4.79 Å². The van der Waals surface area contributed by atoms with Gasteiger partial charge in [0.15, 0.2) is 0 Å². The van der Waals surface area contributed by atoms with E-state index in [0.717, 1.165) is 0 Å². The van der Waals surface area contributed by atoms with Gasteiger partial charge < -0.3 is 24.9 Å². The van der Waals surface area contributed by atoms with Crippen LogP contribution in [-0.4, -0.2) is 23.8 Å². The molecule has 24 heavy (non-hydrogen) atoms. The van der Waals surface area contributed by atoms with E-state index in [-0.39, 0.29) is 18.2 Å². The number of nitrogens with one attached hydrogen (secondary N) is 2. The number of furan rings is 1. The third kappa shape index (κ3) is 5.54. The first-order chi connectivity index (χ1) is 11.4. The lowest BCUT2D eigenvalue weighted by Crippen LogP contribution is -2.37. The highest BCUT2D eigenvalue weighted by molar-refractivity contribution is 5.89. The summed E-state index contributed by atoms with van der Waals surface area (Å²) in [6, 6.07) is 8.07. The number of rotatable bonds is 7. The van der Waals surface area contributed by atoms with Crippen molar-refractivity contribution < 1.29 is 27.8 Å². The monoisotopic (exact) mass is 340 g/mol. The number of aliphatic hydroxyl groups excluding tert-OH is 1. The van der Waals surface area contributed by atoms with Gasteiger partial charge in [0.1, 0.15) is 17.6 Å². The van der Waals surface area contributed by atoms with Gasteiger partial charge in [0.25, 0.3) is 0 Å². The third-order valence-electron chi connectivity index (χ3n) is 3.16. The molecule has 0 unspecified atom stereocenters. The normalized spacial score (nSPS) is 13.4. The van der Waals surface area contributed by atoms with Gasteiger partial charge in [0, 0.05) is 18.2 Å². The predicted octanol–water partition coefficient (Wildman–Crippen LogP) is 3.51. The minimum absolute atomic E-state index is 0.00546. The molecule has 0 aliphatic heterocycles. The fourth-order valence-electron chi connectivity index (χ4n) is 2.10. The molecule has 0 saturated carbocycles. The molecular formula is C16H18F2N2O4. The van der Waals surface area contributed by atoms with Crippen LogP contribution in [0.4, 0.5) is 19.3 Å². The lowest BCUT2D eigenvalue weighted by atomic mass is 10.1. The second-order valence-corrected chi connectivity index (χ2v) is 5.17. The van der Waals surface area contributed by atoms with Gasteiger partial charge in [-0.05, 0) is 43.3 Å². The van der Waals surface area contributed by atoms with Crippen LogP contribution in [0.2, 0.25) is 0 Å². The molecule has 0 saturated heterocycles. The lowest BCUT2D eigenvalue weighted by molar-refractivity contribution is -0.0498. The zero-order valence-electron chi connectivity index (χ0n) is 12.9. The van der Waals surface area contributed by atoms with Gasteiger partial charge in [-0.3, -0.25) is 0 Å². The van der Waals surface area contributed by atoms with Crippen LogP contribution < -0.4 is 15.4 Å². The maximum absolute atomic E-state index is 12.1. The van der Waals surface area contributed by atoms with E-state index in [2.05, 4.69) is 15.4 Å². The van der Waals surface area contributed by atoms with E-state index in [1.165, 1.54) is 30.5 Å². The fraction of sp³-hybridized carbons (Fsp3) is 0.312. The molecule has 0 bridgehead atoms. The van der Waals surface area contributed by atoms with Crippen LogP contribution in [0.25, 0.3) is 0 Å². The van der Waals surface area contributed by atoms with E-state index >= 15 is 0 Å². The summed E-state index contributed by atoms with van der Waals surface area (Å²) in [5.41, 5.74) is 0.424. The molecule has 3 N–H and O–H groups in total. The number of carbonyl (C=O) groups excluding carboxylic acids is 1. The van der Waals surface area contributed by atoms with Gasteiger partial charge in [-0.1, -0.05) is 0 Å². The Bertz CT molecular complexity index is 632. The molecule has 0 aliphatic rings. The summed E-state index contributed by atoms with van der Waals surface area (Å²) in [6.45, 7) is -1.15. The molecule has 2 atom stereocenters. The van der Waals surface area contributed by atoms with Crippen molar-refractivity contribution in [3.63, 3.8) is 0 Å². The van der Waals surface area contributed by atoms with E-state index in [0.29, 0.717) is 11.4 Å². The molecule has 6 nitrogen and oxygen atoms in total. The average molecular weight is 340 g/mol. The zero-order valence-corrected chi connectivity index (χ0v) is 12.9. The summed E-state index contributed by atoms with van der Waals surface area (Å²) >= 11 is 0. The Hall–Kier alpha value is -2.61. The summed E-state index contributed by atoms with van der Waals surface area (Å²) in [4.78, 5) is 11.9. The van der Waals surface area contributed by atoms with Crippen LogP contribution in [0.15, 0.2) is 47.1 Å². The van der Waals surface area contributed by atoms with Crippen molar-refractivity contribution in [3.05, 3.63) is 48.4 Å². The number of halogens is 2. The first-order valence-corrected chi connectivity index (χ1v) is 7.28.